The molecule has 2 unspecified atom stereocenters. The van der Waals surface area contributed by atoms with Crippen LogP contribution >= 0.6 is 0 Å². The molecule has 18 heavy (non-hydrogen) atoms. The fourth-order valence-corrected chi connectivity index (χ4v) is 2.03. The quantitative estimate of drug-likeness (QED) is 0.770. The molecule has 3 N–H and O–H groups in total. The van der Waals surface area contributed by atoms with Gasteiger partial charge in [-0.15, -0.1) is 0 Å². The van der Waals surface area contributed by atoms with E-state index in [4.69, 9.17) is 5.73 Å². The van der Waals surface area contributed by atoms with Gasteiger partial charge in [-0.25, -0.2) is 9.37 Å². The van der Waals surface area contributed by atoms with Gasteiger partial charge in [0.05, 0.1) is 11.7 Å². The lowest BCUT2D eigenvalue weighted by Gasteiger charge is -2.34. The molecule has 1 aromatic rings. The van der Waals surface area contributed by atoms with Gasteiger partial charge in [-0.05, 0) is 18.4 Å². The second kappa shape index (κ2) is 4.89. The molecule has 1 aliphatic heterocycles. The van der Waals surface area contributed by atoms with E-state index in [2.05, 4.69) is 4.98 Å². The Labute approximate surface area is 104 Å². The van der Waals surface area contributed by atoms with Crippen molar-refractivity contribution in [3.63, 3.8) is 0 Å². The summed E-state index contributed by atoms with van der Waals surface area (Å²) in [6.07, 6.45) is 1.44. The number of carbonyl (C=O) groups excluding carboxylic acids is 1. The van der Waals surface area contributed by atoms with Crippen molar-refractivity contribution >= 4 is 11.7 Å². The lowest BCUT2D eigenvalue weighted by molar-refractivity contribution is 0.0246. The fourth-order valence-electron chi connectivity index (χ4n) is 2.03. The standard InChI is InChI=1S/C12H16FN3O2/c1-7-3-5-16(6-9(7)17)12(18)8-2-4-15-11(14)10(8)13/h2,4,7,9,17H,3,5-6H2,1H3,(H2,14,15). The van der Waals surface area contributed by atoms with Gasteiger partial charge < -0.3 is 15.7 Å². The van der Waals surface area contributed by atoms with Crippen LogP contribution in [0.25, 0.3) is 0 Å². The minimum Gasteiger partial charge on any atom is -0.391 e. The van der Waals surface area contributed by atoms with Crippen LogP contribution in [0.3, 0.4) is 0 Å². The van der Waals surface area contributed by atoms with E-state index in [1.165, 1.54) is 17.2 Å². The first-order valence-electron chi connectivity index (χ1n) is 5.88. The van der Waals surface area contributed by atoms with Gasteiger partial charge in [0.1, 0.15) is 0 Å². The Bertz CT molecular complexity index is 467. The molecule has 0 spiro atoms. The maximum Gasteiger partial charge on any atom is 0.257 e. The van der Waals surface area contributed by atoms with Crippen molar-refractivity contribution in [2.75, 3.05) is 18.8 Å². The van der Waals surface area contributed by atoms with Crippen LogP contribution in [-0.2, 0) is 0 Å². The zero-order valence-corrected chi connectivity index (χ0v) is 10.1. The molecule has 1 amide bonds. The number of nitrogens with zero attached hydrogens (tertiary/aromatic N) is 2. The summed E-state index contributed by atoms with van der Waals surface area (Å²) >= 11 is 0. The van der Waals surface area contributed by atoms with Gasteiger partial charge in [-0.1, -0.05) is 6.92 Å². The summed E-state index contributed by atoms with van der Waals surface area (Å²) in [7, 11) is 0. The number of pyridine rings is 1. The molecule has 1 aliphatic rings. The summed E-state index contributed by atoms with van der Waals surface area (Å²) < 4.78 is 13.7. The minimum atomic E-state index is -0.796. The molecule has 0 radical (unpaired) electrons. The molecule has 1 aromatic heterocycles. The molecule has 0 aromatic carbocycles. The monoisotopic (exact) mass is 253 g/mol. The first kappa shape index (κ1) is 12.8. The number of nitrogen functional groups attached to an aromatic ring is 1. The minimum absolute atomic E-state index is 0.0933. The molecule has 0 bridgehead atoms. The topological polar surface area (TPSA) is 79.5 Å². The summed E-state index contributed by atoms with van der Waals surface area (Å²) in [5.41, 5.74) is 5.24. The molecule has 1 fully saturated rings. The molecule has 2 atom stereocenters. The van der Waals surface area contributed by atoms with Crippen LogP contribution in [0, 0.1) is 11.7 Å². The van der Waals surface area contributed by atoms with E-state index in [1.807, 2.05) is 6.92 Å². The molecule has 6 heteroatoms. The largest absolute Gasteiger partial charge is 0.391 e. The molecule has 0 aliphatic carbocycles. The number of rotatable bonds is 1. The highest BCUT2D eigenvalue weighted by Crippen LogP contribution is 2.20. The van der Waals surface area contributed by atoms with Crippen LogP contribution in [-0.4, -0.2) is 40.1 Å². The zero-order valence-electron chi connectivity index (χ0n) is 10.1. The highest BCUT2D eigenvalue weighted by atomic mass is 19.1. The van der Waals surface area contributed by atoms with Crippen LogP contribution in [0.2, 0.25) is 0 Å². The smallest absolute Gasteiger partial charge is 0.257 e. The number of anilines is 1. The number of nitrogens with two attached hydrogens (primary N) is 1. The summed E-state index contributed by atoms with van der Waals surface area (Å²) in [5, 5.41) is 9.74. The van der Waals surface area contributed by atoms with E-state index in [0.717, 1.165) is 0 Å². The first-order chi connectivity index (χ1) is 8.50. The van der Waals surface area contributed by atoms with Crippen LogP contribution < -0.4 is 5.73 Å². The lowest BCUT2D eigenvalue weighted by atomic mass is 9.95. The average Bonchev–Trinajstić information content (AvgIpc) is 2.35. The number of aliphatic hydroxyl groups excluding tert-OH is 1. The van der Waals surface area contributed by atoms with Gasteiger partial charge >= 0.3 is 0 Å². The highest BCUT2D eigenvalue weighted by Gasteiger charge is 2.29. The predicted molar refractivity (Wildman–Crippen MR) is 64.3 cm³/mol. The Morgan fingerprint density at radius 1 is 1.67 bits per heavy atom. The van der Waals surface area contributed by atoms with Crippen molar-refractivity contribution < 1.29 is 14.3 Å². The van der Waals surface area contributed by atoms with Crippen LogP contribution in [0.5, 0.6) is 0 Å². The van der Waals surface area contributed by atoms with Gasteiger partial charge in [-0.3, -0.25) is 4.79 Å². The molecule has 2 rings (SSSR count). The van der Waals surface area contributed by atoms with Gasteiger partial charge in [0, 0.05) is 19.3 Å². The Balaban J connectivity index is 2.19. The maximum atomic E-state index is 13.7. The van der Waals surface area contributed by atoms with E-state index in [0.29, 0.717) is 13.0 Å². The summed E-state index contributed by atoms with van der Waals surface area (Å²) in [4.78, 5) is 17.1. The number of halogens is 1. The van der Waals surface area contributed by atoms with Crippen molar-refractivity contribution in [2.45, 2.75) is 19.4 Å². The molecule has 5 nitrogen and oxygen atoms in total. The van der Waals surface area contributed by atoms with Crippen LogP contribution in [0.15, 0.2) is 12.3 Å². The Kier molecular flexibility index (Phi) is 3.47. The zero-order chi connectivity index (χ0) is 13.3. The molecular formula is C12H16FN3O2. The van der Waals surface area contributed by atoms with E-state index in [9.17, 15) is 14.3 Å². The number of aliphatic hydroxyl groups is 1. The van der Waals surface area contributed by atoms with Gasteiger partial charge in [0.25, 0.3) is 5.91 Å². The number of carbonyl (C=O) groups is 1. The highest BCUT2D eigenvalue weighted by molar-refractivity contribution is 5.95. The summed E-state index contributed by atoms with van der Waals surface area (Å²) in [6, 6.07) is 1.30. The second-order valence-corrected chi connectivity index (χ2v) is 4.64. The van der Waals surface area contributed by atoms with Crippen molar-refractivity contribution in [1.29, 1.82) is 0 Å². The maximum absolute atomic E-state index is 13.7. The number of β-amino-alcohol motifs (C(OH)–C–C–N with tert-alkyl or cyclic N) is 1. The number of likely N-dealkylation sites (tertiary alicyclic amines) is 1. The number of hydrogen-bond donors (Lipinski definition) is 2. The molecule has 0 saturated carbocycles. The van der Waals surface area contributed by atoms with Crippen molar-refractivity contribution in [1.82, 2.24) is 9.88 Å². The third-order valence-corrected chi connectivity index (χ3v) is 3.35. The average molecular weight is 253 g/mol. The Morgan fingerprint density at radius 2 is 2.39 bits per heavy atom. The van der Waals surface area contributed by atoms with E-state index in [1.54, 1.807) is 0 Å². The van der Waals surface area contributed by atoms with Crippen molar-refractivity contribution in [3.05, 3.63) is 23.6 Å². The number of aromatic nitrogens is 1. The Hall–Kier alpha value is -1.69. The van der Waals surface area contributed by atoms with Crippen molar-refractivity contribution in [2.24, 2.45) is 5.92 Å². The van der Waals surface area contributed by atoms with Crippen LogP contribution in [0.1, 0.15) is 23.7 Å². The van der Waals surface area contributed by atoms with Gasteiger partial charge in [0.2, 0.25) is 0 Å². The van der Waals surface area contributed by atoms with Crippen molar-refractivity contribution in [3.8, 4) is 0 Å². The predicted octanol–water partition coefficient (Wildman–Crippen LogP) is 0.646. The third kappa shape index (κ3) is 2.28. The lowest BCUT2D eigenvalue weighted by Crippen LogP contribution is -2.46. The van der Waals surface area contributed by atoms with E-state index < -0.39 is 17.8 Å². The van der Waals surface area contributed by atoms with Gasteiger partial charge in [-0.2, -0.15) is 0 Å². The normalized spacial score (nSPS) is 24.1. The molecular weight excluding hydrogens is 237 g/mol. The number of amides is 1. The summed E-state index contributed by atoms with van der Waals surface area (Å²) in [6.45, 7) is 2.66. The fraction of sp³-hybridized carbons (Fsp3) is 0.500. The first-order valence-corrected chi connectivity index (χ1v) is 5.88. The Morgan fingerprint density at radius 3 is 3.06 bits per heavy atom. The number of hydrogen-bond acceptors (Lipinski definition) is 4. The third-order valence-electron chi connectivity index (χ3n) is 3.35. The van der Waals surface area contributed by atoms with E-state index in [-0.39, 0.29) is 23.8 Å². The second-order valence-electron chi connectivity index (χ2n) is 4.64. The molecule has 1 saturated heterocycles. The van der Waals surface area contributed by atoms with Gasteiger partial charge in [0.15, 0.2) is 11.6 Å². The van der Waals surface area contributed by atoms with E-state index >= 15 is 0 Å². The summed E-state index contributed by atoms with van der Waals surface area (Å²) in [5.74, 6) is -1.38. The number of piperidine rings is 1. The SMILES string of the molecule is CC1CCN(C(=O)c2ccnc(N)c2F)CC1O. The molecule has 2 heterocycles. The van der Waals surface area contributed by atoms with Crippen LogP contribution in [0.4, 0.5) is 10.2 Å². The molecule has 98 valence electrons.